The highest BCUT2D eigenvalue weighted by molar-refractivity contribution is 6.29. The number of carbonyl (C=O) groups is 2. The first-order valence-electron chi connectivity index (χ1n) is 6.99. The maximum absolute atomic E-state index is 11.9. The van der Waals surface area contributed by atoms with Crippen LogP contribution in [0, 0.1) is 0 Å². The lowest BCUT2D eigenvalue weighted by Crippen LogP contribution is -2.37. The largest absolute Gasteiger partial charge is 0.465 e. The van der Waals surface area contributed by atoms with E-state index in [0.29, 0.717) is 32.5 Å². The summed E-state index contributed by atoms with van der Waals surface area (Å²) in [6.45, 7) is 10.5. The van der Waals surface area contributed by atoms with Gasteiger partial charge in [-0.25, -0.2) is 4.79 Å². The molecule has 0 aromatic rings. The van der Waals surface area contributed by atoms with Crippen LogP contribution in [0.15, 0.2) is 0 Å². The molecule has 1 atom stereocenters. The van der Waals surface area contributed by atoms with Crippen LogP contribution in [0.1, 0.15) is 47.5 Å². The van der Waals surface area contributed by atoms with E-state index in [1.165, 1.54) is 0 Å². The molecule has 0 aliphatic rings. The Labute approximate surface area is 126 Å². The summed E-state index contributed by atoms with van der Waals surface area (Å²) in [7, 11) is 0. The molecule has 0 radical (unpaired) electrons. The van der Waals surface area contributed by atoms with Crippen molar-refractivity contribution in [3.8, 4) is 0 Å². The summed E-state index contributed by atoms with van der Waals surface area (Å²) < 4.78 is 10.1. The van der Waals surface area contributed by atoms with E-state index < -0.39 is 16.9 Å². The molecule has 0 N–H and O–H groups in total. The Morgan fingerprint density at radius 2 is 1.85 bits per heavy atom. The first-order chi connectivity index (χ1) is 9.21. The van der Waals surface area contributed by atoms with E-state index in [0.717, 1.165) is 0 Å². The molecule has 0 aromatic carbocycles. The molecule has 0 aliphatic heterocycles. The number of rotatable bonds is 7. The third-order valence-corrected chi connectivity index (χ3v) is 2.86. The molecule has 0 bridgehead atoms. The fourth-order valence-electron chi connectivity index (χ4n) is 1.52. The molecule has 0 rings (SSSR count). The molecule has 0 aliphatic carbocycles. The average molecular weight is 308 g/mol. The minimum absolute atomic E-state index is 0.320. The Bertz CT molecular complexity index is 315. The molecule has 5 nitrogen and oxygen atoms in total. The molecule has 118 valence electrons. The summed E-state index contributed by atoms with van der Waals surface area (Å²) in [4.78, 5) is 24.8. The molecular formula is C14H26ClNO4. The zero-order valence-electron chi connectivity index (χ0n) is 13.1. The number of hydrogen-bond donors (Lipinski definition) is 0. The summed E-state index contributed by atoms with van der Waals surface area (Å²) in [5, 5.41) is -0.660. The summed E-state index contributed by atoms with van der Waals surface area (Å²) in [5.41, 5.74) is -0.509. The van der Waals surface area contributed by atoms with Crippen molar-refractivity contribution in [1.82, 2.24) is 4.90 Å². The Morgan fingerprint density at radius 1 is 1.25 bits per heavy atom. The summed E-state index contributed by atoms with van der Waals surface area (Å²) >= 11 is 5.91. The maximum atomic E-state index is 11.9. The molecule has 0 saturated carbocycles. The van der Waals surface area contributed by atoms with Gasteiger partial charge < -0.3 is 14.4 Å². The number of alkyl halides is 1. The lowest BCUT2D eigenvalue weighted by Gasteiger charge is -2.26. The summed E-state index contributed by atoms with van der Waals surface area (Å²) in [6, 6.07) is 0. The normalized spacial score (nSPS) is 12.7. The number of halogens is 1. The van der Waals surface area contributed by atoms with Crippen molar-refractivity contribution in [3.63, 3.8) is 0 Å². The predicted molar refractivity (Wildman–Crippen MR) is 79.0 cm³/mol. The van der Waals surface area contributed by atoms with Gasteiger partial charge in [0.2, 0.25) is 0 Å². The van der Waals surface area contributed by atoms with Crippen molar-refractivity contribution in [2.45, 2.75) is 58.4 Å². The van der Waals surface area contributed by atoms with Crippen LogP contribution in [0.25, 0.3) is 0 Å². The molecule has 0 aromatic heterocycles. The first kappa shape index (κ1) is 19.0. The number of carbonyl (C=O) groups excluding carboxylic acids is 2. The van der Waals surface area contributed by atoms with Gasteiger partial charge in [-0.3, -0.25) is 4.79 Å². The average Bonchev–Trinajstić information content (AvgIpc) is 2.32. The van der Waals surface area contributed by atoms with Crippen LogP contribution in [0.4, 0.5) is 4.79 Å². The van der Waals surface area contributed by atoms with Gasteiger partial charge in [0.15, 0.2) is 0 Å². The highest BCUT2D eigenvalue weighted by Gasteiger charge is 2.22. The topological polar surface area (TPSA) is 55.8 Å². The third kappa shape index (κ3) is 8.25. The van der Waals surface area contributed by atoms with Crippen LogP contribution >= 0.6 is 11.6 Å². The first-order valence-corrected chi connectivity index (χ1v) is 7.43. The fraction of sp³-hybridized carbons (Fsp3) is 0.857. The maximum Gasteiger partial charge on any atom is 0.410 e. The van der Waals surface area contributed by atoms with Gasteiger partial charge in [0.1, 0.15) is 11.0 Å². The second-order valence-electron chi connectivity index (χ2n) is 5.42. The molecule has 0 fully saturated rings. The van der Waals surface area contributed by atoms with Crippen LogP contribution in [0.5, 0.6) is 0 Å². The quantitative estimate of drug-likeness (QED) is 0.535. The lowest BCUT2D eigenvalue weighted by molar-refractivity contribution is -0.142. The Kier molecular flexibility index (Phi) is 8.62. The number of nitrogens with zero attached hydrogens (tertiary/aromatic N) is 1. The van der Waals surface area contributed by atoms with Gasteiger partial charge in [-0.2, -0.15) is 0 Å². The van der Waals surface area contributed by atoms with Crippen LogP contribution in [0.3, 0.4) is 0 Å². The molecule has 1 unspecified atom stereocenters. The van der Waals surface area contributed by atoms with Gasteiger partial charge in [0.05, 0.1) is 6.61 Å². The fourth-order valence-corrected chi connectivity index (χ4v) is 1.73. The Morgan fingerprint density at radius 3 is 2.30 bits per heavy atom. The second-order valence-corrected chi connectivity index (χ2v) is 5.95. The van der Waals surface area contributed by atoms with Crippen molar-refractivity contribution in [2.24, 2.45) is 0 Å². The van der Waals surface area contributed by atoms with E-state index in [4.69, 9.17) is 21.1 Å². The van der Waals surface area contributed by atoms with Gasteiger partial charge in [-0.15, -0.1) is 11.6 Å². The highest BCUT2D eigenvalue weighted by Crippen LogP contribution is 2.12. The SMILES string of the molecule is CCOC(=O)C(Cl)CCCN(CC)C(=O)OC(C)(C)C. The molecule has 6 heteroatoms. The van der Waals surface area contributed by atoms with Crippen LogP contribution in [-0.2, 0) is 14.3 Å². The van der Waals surface area contributed by atoms with Crippen molar-refractivity contribution >= 4 is 23.7 Å². The molecule has 0 heterocycles. The zero-order chi connectivity index (χ0) is 15.8. The zero-order valence-corrected chi connectivity index (χ0v) is 13.8. The van der Waals surface area contributed by atoms with E-state index in [1.54, 1.807) is 11.8 Å². The molecule has 0 saturated heterocycles. The van der Waals surface area contributed by atoms with E-state index in [1.807, 2.05) is 27.7 Å². The van der Waals surface area contributed by atoms with E-state index in [9.17, 15) is 9.59 Å². The molecule has 1 amide bonds. The molecule has 20 heavy (non-hydrogen) atoms. The van der Waals surface area contributed by atoms with Gasteiger partial charge in [-0.05, 0) is 47.5 Å². The third-order valence-electron chi connectivity index (χ3n) is 2.46. The molecular weight excluding hydrogens is 282 g/mol. The minimum atomic E-state index is -0.660. The van der Waals surface area contributed by atoms with Crippen molar-refractivity contribution < 1.29 is 19.1 Å². The Balaban J connectivity index is 4.13. The van der Waals surface area contributed by atoms with Crippen molar-refractivity contribution in [2.75, 3.05) is 19.7 Å². The van der Waals surface area contributed by atoms with Crippen LogP contribution in [0.2, 0.25) is 0 Å². The van der Waals surface area contributed by atoms with Crippen LogP contribution in [-0.4, -0.2) is 47.6 Å². The van der Waals surface area contributed by atoms with Crippen molar-refractivity contribution in [3.05, 3.63) is 0 Å². The lowest BCUT2D eigenvalue weighted by atomic mass is 10.2. The Hall–Kier alpha value is -0.970. The number of hydrogen-bond acceptors (Lipinski definition) is 4. The standard InChI is InChI=1S/C14H26ClNO4/c1-6-16(13(18)20-14(3,4)5)10-8-9-11(15)12(17)19-7-2/h11H,6-10H2,1-5H3. The van der Waals surface area contributed by atoms with Gasteiger partial charge in [0, 0.05) is 13.1 Å². The van der Waals surface area contributed by atoms with Gasteiger partial charge in [0.25, 0.3) is 0 Å². The smallest absolute Gasteiger partial charge is 0.410 e. The van der Waals surface area contributed by atoms with Gasteiger partial charge in [-0.1, -0.05) is 0 Å². The highest BCUT2D eigenvalue weighted by atomic mass is 35.5. The van der Waals surface area contributed by atoms with Gasteiger partial charge >= 0.3 is 12.1 Å². The number of esters is 1. The van der Waals surface area contributed by atoms with Crippen molar-refractivity contribution in [1.29, 1.82) is 0 Å². The van der Waals surface area contributed by atoms with Crippen LogP contribution < -0.4 is 0 Å². The monoisotopic (exact) mass is 307 g/mol. The van der Waals surface area contributed by atoms with E-state index >= 15 is 0 Å². The number of ether oxygens (including phenoxy) is 2. The molecule has 0 spiro atoms. The van der Waals surface area contributed by atoms with E-state index in [2.05, 4.69) is 0 Å². The summed E-state index contributed by atoms with van der Waals surface area (Å²) in [5.74, 6) is -0.408. The number of amides is 1. The van der Waals surface area contributed by atoms with E-state index in [-0.39, 0.29) is 6.09 Å². The summed E-state index contributed by atoms with van der Waals surface area (Å²) in [6.07, 6.45) is 0.752. The predicted octanol–water partition coefficient (Wildman–Crippen LogP) is 3.19. The minimum Gasteiger partial charge on any atom is -0.465 e. The second kappa shape index (κ2) is 9.06.